The van der Waals surface area contributed by atoms with Gasteiger partial charge in [-0.1, -0.05) is 18.2 Å². The number of hydrogen-bond donors (Lipinski definition) is 0. The van der Waals surface area contributed by atoms with E-state index in [0.717, 1.165) is 18.0 Å². The summed E-state index contributed by atoms with van der Waals surface area (Å²) in [7, 11) is 0. The molecule has 3 rings (SSSR count). The lowest BCUT2D eigenvalue weighted by Gasteiger charge is -2.10. The summed E-state index contributed by atoms with van der Waals surface area (Å²) in [6.07, 6.45) is 8.38. The molecule has 16 heavy (non-hydrogen) atoms. The maximum absolute atomic E-state index is 10.8. The van der Waals surface area contributed by atoms with Gasteiger partial charge in [0.2, 0.25) is 0 Å². The molecule has 1 fully saturated rings. The van der Waals surface area contributed by atoms with E-state index < -0.39 is 0 Å². The SMILES string of the molecule is O=Cc1ccccc1OC1=CC2CC2C=C1. The Morgan fingerprint density at radius 1 is 1.25 bits per heavy atom. The normalized spacial score (nSPS) is 25.6. The Labute approximate surface area is 94.2 Å². The maximum Gasteiger partial charge on any atom is 0.153 e. The number of para-hydroxylation sites is 1. The predicted molar refractivity (Wildman–Crippen MR) is 61.3 cm³/mol. The molecule has 0 heterocycles. The molecule has 2 nitrogen and oxygen atoms in total. The lowest BCUT2D eigenvalue weighted by Crippen LogP contribution is -1.99. The molecule has 0 amide bonds. The van der Waals surface area contributed by atoms with Crippen molar-refractivity contribution in [1.82, 2.24) is 0 Å². The molecular weight excluding hydrogens is 200 g/mol. The fraction of sp³-hybridized carbons (Fsp3) is 0.214. The van der Waals surface area contributed by atoms with Gasteiger partial charge in [0.25, 0.3) is 0 Å². The number of fused-ring (bicyclic) bond motifs is 1. The van der Waals surface area contributed by atoms with Crippen molar-refractivity contribution in [2.45, 2.75) is 6.42 Å². The molecule has 2 aliphatic rings. The molecule has 2 heteroatoms. The number of ether oxygens (including phenoxy) is 1. The molecule has 0 spiro atoms. The average molecular weight is 212 g/mol. The zero-order valence-electron chi connectivity index (χ0n) is 8.80. The fourth-order valence-corrected chi connectivity index (χ4v) is 2.00. The second kappa shape index (κ2) is 3.63. The van der Waals surface area contributed by atoms with Crippen LogP contribution in [-0.2, 0) is 0 Å². The number of carbonyl (C=O) groups excluding carboxylic acids is 1. The number of benzene rings is 1. The molecule has 1 saturated carbocycles. The number of hydrogen-bond acceptors (Lipinski definition) is 2. The van der Waals surface area contributed by atoms with E-state index in [1.807, 2.05) is 24.3 Å². The van der Waals surface area contributed by atoms with Gasteiger partial charge in [-0.25, -0.2) is 0 Å². The largest absolute Gasteiger partial charge is 0.457 e. The van der Waals surface area contributed by atoms with Crippen LogP contribution in [0.15, 0.2) is 48.3 Å². The molecule has 0 saturated heterocycles. The third-order valence-corrected chi connectivity index (χ3v) is 3.05. The van der Waals surface area contributed by atoms with E-state index in [4.69, 9.17) is 4.74 Å². The van der Waals surface area contributed by atoms with Gasteiger partial charge in [0.05, 0.1) is 5.56 Å². The summed E-state index contributed by atoms with van der Waals surface area (Å²) in [5.74, 6) is 2.87. The smallest absolute Gasteiger partial charge is 0.153 e. The summed E-state index contributed by atoms with van der Waals surface area (Å²) in [6.45, 7) is 0. The molecule has 0 bridgehead atoms. The highest BCUT2D eigenvalue weighted by Gasteiger charge is 2.35. The summed E-state index contributed by atoms with van der Waals surface area (Å²) in [6, 6.07) is 7.28. The Balaban J connectivity index is 1.83. The Bertz CT molecular complexity index is 485. The van der Waals surface area contributed by atoms with Crippen molar-refractivity contribution in [3.63, 3.8) is 0 Å². The quantitative estimate of drug-likeness (QED) is 0.720. The lowest BCUT2D eigenvalue weighted by molar-refractivity contribution is 0.112. The molecule has 0 N–H and O–H groups in total. The van der Waals surface area contributed by atoms with Crippen LogP contribution in [0.4, 0.5) is 0 Å². The topological polar surface area (TPSA) is 26.3 Å². The first kappa shape index (κ1) is 9.40. The van der Waals surface area contributed by atoms with Gasteiger partial charge in [0.1, 0.15) is 11.5 Å². The molecule has 0 radical (unpaired) electrons. The molecule has 1 aromatic rings. The summed E-state index contributed by atoms with van der Waals surface area (Å²) in [5, 5.41) is 0. The van der Waals surface area contributed by atoms with Gasteiger partial charge < -0.3 is 4.74 Å². The first-order valence-electron chi connectivity index (χ1n) is 5.49. The summed E-state index contributed by atoms with van der Waals surface area (Å²) >= 11 is 0. The van der Waals surface area contributed by atoms with E-state index in [9.17, 15) is 4.79 Å². The van der Waals surface area contributed by atoms with Crippen LogP contribution in [0.1, 0.15) is 16.8 Å². The standard InChI is InChI=1S/C14H12O2/c15-9-11-3-1-2-4-14(11)16-13-6-5-10-7-12(10)8-13/h1-6,8-10,12H,7H2. The number of allylic oxidation sites excluding steroid dienone is 3. The van der Waals surface area contributed by atoms with Crippen LogP contribution in [-0.4, -0.2) is 6.29 Å². The zero-order chi connectivity index (χ0) is 11.0. The monoisotopic (exact) mass is 212 g/mol. The van der Waals surface area contributed by atoms with Gasteiger partial charge >= 0.3 is 0 Å². The zero-order valence-corrected chi connectivity index (χ0v) is 8.80. The molecular formula is C14H12O2. The van der Waals surface area contributed by atoms with E-state index in [0.29, 0.717) is 17.2 Å². The average Bonchev–Trinajstić information content (AvgIpc) is 3.08. The van der Waals surface area contributed by atoms with Gasteiger partial charge in [-0.15, -0.1) is 0 Å². The van der Waals surface area contributed by atoms with Crippen LogP contribution < -0.4 is 4.74 Å². The highest BCUT2D eigenvalue weighted by atomic mass is 16.5. The van der Waals surface area contributed by atoms with Gasteiger partial charge in [-0.3, -0.25) is 4.79 Å². The van der Waals surface area contributed by atoms with Crippen molar-refractivity contribution in [3.05, 3.63) is 53.8 Å². The van der Waals surface area contributed by atoms with Crippen molar-refractivity contribution in [1.29, 1.82) is 0 Å². The van der Waals surface area contributed by atoms with Crippen molar-refractivity contribution >= 4 is 6.29 Å². The van der Waals surface area contributed by atoms with E-state index in [1.165, 1.54) is 6.42 Å². The van der Waals surface area contributed by atoms with Crippen LogP contribution in [0.3, 0.4) is 0 Å². The van der Waals surface area contributed by atoms with Crippen LogP contribution in [0, 0.1) is 11.8 Å². The predicted octanol–water partition coefficient (Wildman–Crippen LogP) is 2.97. The lowest BCUT2D eigenvalue weighted by atomic mass is 10.2. The molecule has 1 aromatic carbocycles. The van der Waals surface area contributed by atoms with Crippen molar-refractivity contribution in [2.75, 3.05) is 0 Å². The van der Waals surface area contributed by atoms with E-state index in [-0.39, 0.29) is 0 Å². The molecule has 2 aliphatic carbocycles. The number of aldehydes is 1. The van der Waals surface area contributed by atoms with Crippen LogP contribution in [0.5, 0.6) is 5.75 Å². The molecule has 2 unspecified atom stereocenters. The van der Waals surface area contributed by atoms with E-state index in [2.05, 4.69) is 12.2 Å². The molecule has 0 aliphatic heterocycles. The van der Waals surface area contributed by atoms with Crippen LogP contribution in [0.25, 0.3) is 0 Å². The Morgan fingerprint density at radius 3 is 2.94 bits per heavy atom. The van der Waals surface area contributed by atoms with Crippen LogP contribution >= 0.6 is 0 Å². The summed E-state index contributed by atoms with van der Waals surface area (Å²) in [5.41, 5.74) is 0.592. The molecule has 2 atom stereocenters. The number of carbonyl (C=O) groups is 1. The Morgan fingerprint density at radius 2 is 2.12 bits per heavy atom. The maximum atomic E-state index is 10.8. The fourth-order valence-electron chi connectivity index (χ4n) is 2.00. The Hall–Kier alpha value is -1.83. The second-order valence-corrected chi connectivity index (χ2v) is 4.25. The second-order valence-electron chi connectivity index (χ2n) is 4.25. The number of rotatable bonds is 3. The van der Waals surface area contributed by atoms with E-state index >= 15 is 0 Å². The third kappa shape index (κ3) is 1.67. The Kier molecular flexibility index (Phi) is 2.13. The molecule has 0 aromatic heterocycles. The highest BCUT2D eigenvalue weighted by Crippen LogP contribution is 2.44. The van der Waals surface area contributed by atoms with Gasteiger partial charge in [0.15, 0.2) is 6.29 Å². The molecule has 80 valence electrons. The first-order chi connectivity index (χ1) is 7.86. The first-order valence-corrected chi connectivity index (χ1v) is 5.49. The van der Waals surface area contributed by atoms with Crippen molar-refractivity contribution < 1.29 is 9.53 Å². The van der Waals surface area contributed by atoms with E-state index in [1.54, 1.807) is 6.07 Å². The van der Waals surface area contributed by atoms with Crippen molar-refractivity contribution in [3.8, 4) is 5.75 Å². The minimum absolute atomic E-state index is 0.592. The minimum Gasteiger partial charge on any atom is -0.457 e. The highest BCUT2D eigenvalue weighted by molar-refractivity contribution is 5.79. The third-order valence-electron chi connectivity index (χ3n) is 3.05. The summed E-state index contributed by atoms with van der Waals surface area (Å²) < 4.78 is 5.72. The van der Waals surface area contributed by atoms with Crippen molar-refractivity contribution in [2.24, 2.45) is 11.8 Å². The van der Waals surface area contributed by atoms with Gasteiger partial charge in [-0.2, -0.15) is 0 Å². The summed E-state index contributed by atoms with van der Waals surface area (Å²) in [4.78, 5) is 10.8. The van der Waals surface area contributed by atoms with Gasteiger partial charge in [-0.05, 0) is 42.5 Å². The van der Waals surface area contributed by atoms with Crippen LogP contribution in [0.2, 0.25) is 0 Å². The minimum atomic E-state index is 0.592. The van der Waals surface area contributed by atoms with Gasteiger partial charge in [0, 0.05) is 0 Å².